The van der Waals surface area contributed by atoms with Crippen molar-refractivity contribution >= 4 is 55.2 Å². The minimum Gasteiger partial charge on any atom is -0.432 e. The predicted molar refractivity (Wildman–Crippen MR) is 196 cm³/mol. The average molecular weight is 712 g/mol. The van der Waals surface area contributed by atoms with E-state index in [0.717, 1.165) is 17.5 Å². The summed E-state index contributed by atoms with van der Waals surface area (Å²) in [5.41, 5.74) is 2.38. The van der Waals surface area contributed by atoms with Gasteiger partial charge in [0.25, 0.3) is 5.91 Å². The van der Waals surface area contributed by atoms with Crippen molar-refractivity contribution in [1.29, 1.82) is 0 Å². The Kier molecular flexibility index (Phi) is 10.3. The maximum atomic E-state index is 14.9. The Hall–Kier alpha value is -4.32. The number of aliphatic hydroxyl groups excluding tert-OH is 1. The van der Waals surface area contributed by atoms with Gasteiger partial charge in [-0.25, -0.2) is 0 Å². The number of carbonyl (C=O) groups excluding carboxylic acids is 3. The molecule has 11 heteroatoms. The number of carbonyl (C=O) groups is 3. The second kappa shape index (κ2) is 14.5. The summed E-state index contributed by atoms with van der Waals surface area (Å²) in [5.74, 6) is -1.02. The molecule has 0 bridgehead atoms. The molecule has 1 saturated heterocycles. The second-order valence-corrected chi connectivity index (χ2v) is 18.0. The number of rotatable bonds is 12. The van der Waals surface area contributed by atoms with Gasteiger partial charge in [-0.15, -0.1) is 0 Å². The summed E-state index contributed by atoms with van der Waals surface area (Å²) in [6, 6.07) is 31.6. The number of para-hydroxylation sites is 1. The Morgan fingerprint density at radius 2 is 1.62 bits per heavy atom. The van der Waals surface area contributed by atoms with Crippen molar-refractivity contribution in [2.45, 2.75) is 56.8 Å². The van der Waals surface area contributed by atoms with E-state index in [9.17, 15) is 24.3 Å². The number of hydrogen-bond acceptors (Lipinski definition) is 6. The van der Waals surface area contributed by atoms with Crippen LogP contribution in [0, 0.1) is 5.92 Å². The third kappa shape index (κ3) is 6.74. The fraction of sp³-hybridized carbons (Fsp3) is 0.308. The molecule has 0 aliphatic carbocycles. The van der Waals surface area contributed by atoms with Gasteiger partial charge >= 0.3 is 0 Å². The van der Waals surface area contributed by atoms with E-state index in [1.54, 1.807) is 26.8 Å². The first kappa shape index (κ1) is 35.5. The first-order chi connectivity index (χ1) is 24.0. The molecule has 50 heavy (non-hydrogen) atoms. The van der Waals surface area contributed by atoms with E-state index in [0.29, 0.717) is 34.2 Å². The largest absolute Gasteiger partial charge is 0.432 e. The molecule has 260 valence electrons. The van der Waals surface area contributed by atoms with Crippen LogP contribution >= 0.6 is 11.6 Å². The number of anilines is 3. The van der Waals surface area contributed by atoms with Crippen LogP contribution in [0.3, 0.4) is 0 Å². The molecule has 2 N–H and O–H groups in total. The van der Waals surface area contributed by atoms with Crippen molar-refractivity contribution in [2.75, 3.05) is 23.0 Å². The van der Waals surface area contributed by atoms with Crippen LogP contribution in [0.5, 0.6) is 0 Å². The van der Waals surface area contributed by atoms with E-state index in [2.05, 4.69) is 0 Å². The van der Waals surface area contributed by atoms with Gasteiger partial charge in [0.05, 0.1) is 31.4 Å². The lowest BCUT2D eigenvalue weighted by Crippen LogP contribution is -2.46. The van der Waals surface area contributed by atoms with Crippen molar-refractivity contribution in [3.63, 3.8) is 0 Å². The molecule has 4 aromatic rings. The molecule has 1 spiro atoms. The Balaban J connectivity index is 1.33. The first-order valence-corrected chi connectivity index (χ1v) is 20.2. The Bertz CT molecular complexity index is 1860. The smallest absolute Gasteiger partial charge is 0.264 e. The molecule has 2 aliphatic rings. The normalized spacial score (nSPS) is 21.4. The molecule has 6 rings (SSSR count). The molecule has 3 amide bonds. The number of fused-ring (bicyclic) bond motifs is 2. The van der Waals surface area contributed by atoms with E-state index >= 15 is 0 Å². The zero-order chi connectivity index (χ0) is 35.6. The van der Waals surface area contributed by atoms with Gasteiger partial charge in [-0.05, 0) is 66.7 Å². The van der Waals surface area contributed by atoms with Crippen molar-refractivity contribution in [1.82, 2.24) is 4.90 Å². The van der Waals surface area contributed by atoms with E-state index in [4.69, 9.17) is 16.3 Å². The van der Waals surface area contributed by atoms with E-state index < -0.39 is 31.5 Å². The maximum absolute atomic E-state index is 14.9. The third-order valence-corrected chi connectivity index (χ3v) is 12.7. The predicted octanol–water partition coefficient (Wildman–Crippen LogP) is 6.39. The number of ether oxygens (including phenoxy) is 1. The highest BCUT2D eigenvalue weighted by Crippen LogP contribution is 2.60. The zero-order valence-electron chi connectivity index (χ0n) is 28.4. The maximum Gasteiger partial charge on any atom is 0.264 e. The Labute approximate surface area is 298 Å². The van der Waals surface area contributed by atoms with Crippen LogP contribution in [-0.2, 0) is 37.8 Å². The molecular weight excluding hydrogens is 670 g/mol. The summed E-state index contributed by atoms with van der Waals surface area (Å²) in [6.45, 7) is 5.99. The van der Waals surface area contributed by atoms with Gasteiger partial charge in [0.15, 0.2) is 13.9 Å². The van der Waals surface area contributed by atoms with E-state index in [1.165, 1.54) is 0 Å². The van der Waals surface area contributed by atoms with Crippen molar-refractivity contribution in [3.8, 4) is 0 Å². The lowest BCUT2D eigenvalue weighted by molar-refractivity contribution is -0.150. The highest BCUT2D eigenvalue weighted by atomic mass is 35.5. The number of amides is 3. The van der Waals surface area contributed by atoms with E-state index in [1.807, 2.05) is 111 Å². The highest BCUT2D eigenvalue weighted by molar-refractivity contribution is 6.71. The zero-order valence-corrected chi connectivity index (χ0v) is 30.2. The molecule has 2 aliphatic heterocycles. The molecule has 0 aromatic heterocycles. The summed E-state index contributed by atoms with van der Waals surface area (Å²) in [6.07, 6.45) is -0.0566. The average Bonchev–Trinajstić information content (AvgIpc) is 3.52. The second-order valence-electron chi connectivity index (χ2n) is 13.6. The van der Waals surface area contributed by atoms with Gasteiger partial charge in [-0.3, -0.25) is 19.3 Å². The standard InChI is InChI=1S/C39H42ClN3O6Si/c1-27-37(50(2,3)48)35(23-36(46)41(19-20-44)24-28-11-6-4-7-12-28)49-39(27)33-22-30(40)17-18-34(33)42(38(39)47)25-29-13-10-16-32(21-29)43(26-45)31-14-8-5-9-15-31/h4-18,21-22,26-27,35,37,44,48H,19-20,23-25H2,1-3H3/t27-,35+,37-,39+/m0/s1. The van der Waals surface area contributed by atoms with Crippen molar-refractivity contribution < 1.29 is 29.0 Å². The first-order valence-electron chi connectivity index (χ1n) is 16.8. The molecule has 9 nitrogen and oxygen atoms in total. The number of benzene rings is 4. The number of halogens is 1. The summed E-state index contributed by atoms with van der Waals surface area (Å²) in [4.78, 5) is 57.5. The lowest BCUT2D eigenvalue weighted by atomic mass is 9.82. The monoisotopic (exact) mass is 711 g/mol. The van der Waals surface area contributed by atoms with Crippen LogP contribution in [0.15, 0.2) is 103 Å². The number of aliphatic hydroxyl groups is 1. The van der Waals surface area contributed by atoms with Gasteiger partial charge in [0.1, 0.15) is 0 Å². The molecule has 4 atom stereocenters. The van der Waals surface area contributed by atoms with Crippen molar-refractivity contribution in [2.24, 2.45) is 5.92 Å². The van der Waals surface area contributed by atoms with Gasteiger partial charge in [0.2, 0.25) is 12.3 Å². The van der Waals surface area contributed by atoms with Crippen LogP contribution in [-0.4, -0.2) is 60.6 Å². The minimum atomic E-state index is -3.04. The fourth-order valence-electron chi connectivity index (χ4n) is 7.77. The SMILES string of the molecule is C[C@H]1[C@H]([Si](C)(C)O)[C@@H](CC(=O)N(CCO)Cc2ccccc2)O[C@]12C(=O)N(Cc1cccc(N(C=O)c3ccccc3)c1)c1ccc(Cl)cc12. The summed E-state index contributed by atoms with van der Waals surface area (Å²) in [5, 5.41) is 10.3. The van der Waals surface area contributed by atoms with Crippen LogP contribution in [0.25, 0.3) is 0 Å². The Morgan fingerprint density at radius 1 is 0.960 bits per heavy atom. The van der Waals surface area contributed by atoms with Crippen LogP contribution < -0.4 is 9.80 Å². The number of hydrogen-bond donors (Lipinski definition) is 2. The topological polar surface area (TPSA) is 111 Å². The summed E-state index contributed by atoms with van der Waals surface area (Å²) in [7, 11) is -3.04. The molecular formula is C39H42ClN3O6Si. The third-order valence-electron chi connectivity index (χ3n) is 9.93. The number of nitrogens with zero attached hydrogens (tertiary/aromatic N) is 3. The van der Waals surface area contributed by atoms with Crippen LogP contribution in [0.2, 0.25) is 23.7 Å². The molecule has 4 aromatic carbocycles. The molecule has 0 radical (unpaired) electrons. The van der Waals surface area contributed by atoms with Crippen LogP contribution in [0.4, 0.5) is 17.1 Å². The summed E-state index contributed by atoms with van der Waals surface area (Å²) < 4.78 is 6.87. The van der Waals surface area contributed by atoms with Gasteiger partial charge in [-0.1, -0.05) is 79.2 Å². The van der Waals surface area contributed by atoms with E-state index in [-0.39, 0.29) is 37.9 Å². The fourth-order valence-corrected chi connectivity index (χ4v) is 10.5. The quantitative estimate of drug-likeness (QED) is 0.130. The molecule has 2 heterocycles. The molecule has 0 unspecified atom stereocenters. The van der Waals surface area contributed by atoms with Crippen LogP contribution in [0.1, 0.15) is 30.0 Å². The lowest BCUT2D eigenvalue weighted by Gasteiger charge is -2.32. The van der Waals surface area contributed by atoms with Gasteiger partial charge < -0.3 is 24.4 Å². The van der Waals surface area contributed by atoms with Gasteiger partial charge in [0, 0.05) is 46.5 Å². The Morgan fingerprint density at radius 3 is 2.28 bits per heavy atom. The minimum absolute atomic E-state index is 0.0627. The van der Waals surface area contributed by atoms with Crippen molar-refractivity contribution in [3.05, 3.63) is 125 Å². The summed E-state index contributed by atoms with van der Waals surface area (Å²) >= 11 is 6.57. The van der Waals surface area contributed by atoms with Gasteiger partial charge in [-0.2, -0.15) is 0 Å². The molecule has 1 fully saturated rings. The highest BCUT2D eigenvalue weighted by Gasteiger charge is 2.66. The molecule has 0 saturated carbocycles.